The van der Waals surface area contributed by atoms with Crippen LogP contribution in [0.2, 0.25) is 0 Å². The van der Waals surface area contributed by atoms with Gasteiger partial charge < -0.3 is 5.32 Å². The molecule has 0 aliphatic carbocycles. The lowest BCUT2D eigenvalue weighted by molar-refractivity contribution is 0.627. The summed E-state index contributed by atoms with van der Waals surface area (Å²) >= 11 is 0. The molecule has 0 amide bonds. The zero-order valence-electron chi connectivity index (χ0n) is 7.26. The Bertz CT molecular complexity index is 316. The number of halogens is 1. The Morgan fingerprint density at radius 1 is 1.31 bits per heavy atom. The second kappa shape index (κ2) is 3.56. The summed E-state index contributed by atoms with van der Waals surface area (Å²) in [5.74, 6) is 0.816. The molecule has 0 unspecified atom stereocenters. The zero-order chi connectivity index (χ0) is 9.10. The van der Waals surface area contributed by atoms with E-state index in [0.717, 1.165) is 30.9 Å². The van der Waals surface area contributed by atoms with Gasteiger partial charge in [-0.05, 0) is 17.7 Å². The van der Waals surface area contributed by atoms with Crippen molar-refractivity contribution in [1.29, 1.82) is 0 Å². The van der Waals surface area contributed by atoms with Crippen LogP contribution in [0.3, 0.4) is 0 Å². The molecule has 2 rings (SSSR count). The second-order valence-corrected chi connectivity index (χ2v) is 3.06. The Morgan fingerprint density at radius 3 is 2.69 bits per heavy atom. The summed E-state index contributed by atoms with van der Waals surface area (Å²) in [6, 6.07) is 6.53. The fraction of sp³-hybridized carbons (Fsp3) is 0.300. The van der Waals surface area contributed by atoms with Gasteiger partial charge in [0.25, 0.3) is 0 Å². The maximum Gasteiger partial charge on any atom is 0.123 e. The summed E-state index contributed by atoms with van der Waals surface area (Å²) in [6.45, 7) is 1.78. The molecule has 0 spiro atoms. The van der Waals surface area contributed by atoms with Crippen LogP contribution in [0.1, 0.15) is 5.56 Å². The number of aliphatic imine (C=N–C) groups is 1. The molecule has 68 valence electrons. The lowest BCUT2D eigenvalue weighted by Gasteiger charge is -2.01. The molecule has 0 bridgehead atoms. The standard InChI is InChI=1S/C10H11FN2/c11-9-3-1-8(2-4-9)7-10-12-5-6-13-10/h1-4H,5-7H2,(H,12,13). The van der Waals surface area contributed by atoms with E-state index in [1.807, 2.05) is 0 Å². The molecule has 1 aromatic carbocycles. The first-order valence-electron chi connectivity index (χ1n) is 4.36. The van der Waals surface area contributed by atoms with E-state index in [1.165, 1.54) is 12.1 Å². The molecule has 3 heteroatoms. The molecule has 1 N–H and O–H groups in total. The molecule has 1 aliphatic rings. The molecular formula is C10H11FN2. The minimum absolute atomic E-state index is 0.190. The number of nitrogens with zero attached hydrogens (tertiary/aromatic N) is 1. The summed E-state index contributed by atoms with van der Waals surface area (Å²) in [4.78, 5) is 4.27. The van der Waals surface area contributed by atoms with Crippen molar-refractivity contribution in [2.24, 2.45) is 4.99 Å². The van der Waals surface area contributed by atoms with E-state index in [-0.39, 0.29) is 5.82 Å². The number of nitrogens with one attached hydrogen (secondary N) is 1. The average molecular weight is 178 g/mol. The monoisotopic (exact) mass is 178 g/mol. The molecular weight excluding hydrogens is 167 g/mol. The van der Waals surface area contributed by atoms with Crippen molar-refractivity contribution >= 4 is 5.84 Å². The van der Waals surface area contributed by atoms with Crippen LogP contribution in [0.5, 0.6) is 0 Å². The van der Waals surface area contributed by atoms with Crippen molar-refractivity contribution in [3.05, 3.63) is 35.6 Å². The Kier molecular flexibility index (Phi) is 2.25. The third-order valence-corrected chi connectivity index (χ3v) is 2.03. The third-order valence-electron chi connectivity index (χ3n) is 2.03. The van der Waals surface area contributed by atoms with E-state index in [2.05, 4.69) is 10.3 Å². The highest BCUT2D eigenvalue weighted by Gasteiger charge is 2.05. The molecule has 2 nitrogen and oxygen atoms in total. The highest BCUT2D eigenvalue weighted by Crippen LogP contribution is 2.04. The smallest absolute Gasteiger partial charge is 0.123 e. The molecule has 0 atom stereocenters. The van der Waals surface area contributed by atoms with Crippen molar-refractivity contribution in [1.82, 2.24) is 5.32 Å². The number of hydrogen-bond donors (Lipinski definition) is 1. The van der Waals surface area contributed by atoms with Gasteiger partial charge in [-0.3, -0.25) is 4.99 Å². The molecule has 1 aliphatic heterocycles. The van der Waals surface area contributed by atoms with E-state index in [4.69, 9.17) is 0 Å². The van der Waals surface area contributed by atoms with Gasteiger partial charge in [0.05, 0.1) is 6.54 Å². The lowest BCUT2D eigenvalue weighted by Crippen LogP contribution is -2.20. The summed E-state index contributed by atoms with van der Waals surface area (Å²) < 4.78 is 12.6. The Balaban J connectivity index is 2.05. The number of amidine groups is 1. The van der Waals surface area contributed by atoms with Crippen LogP contribution in [0.25, 0.3) is 0 Å². The first-order valence-corrected chi connectivity index (χ1v) is 4.36. The van der Waals surface area contributed by atoms with Gasteiger partial charge in [-0.25, -0.2) is 4.39 Å². The van der Waals surface area contributed by atoms with Gasteiger partial charge >= 0.3 is 0 Å². The normalized spacial score (nSPS) is 15.3. The average Bonchev–Trinajstić information content (AvgIpc) is 2.62. The minimum atomic E-state index is -0.190. The van der Waals surface area contributed by atoms with E-state index < -0.39 is 0 Å². The topological polar surface area (TPSA) is 24.4 Å². The van der Waals surface area contributed by atoms with Gasteiger partial charge in [-0.1, -0.05) is 12.1 Å². The van der Waals surface area contributed by atoms with Crippen molar-refractivity contribution in [2.45, 2.75) is 6.42 Å². The molecule has 1 heterocycles. The third kappa shape index (κ3) is 2.05. The number of hydrogen-bond acceptors (Lipinski definition) is 2. The highest BCUT2D eigenvalue weighted by molar-refractivity contribution is 5.85. The molecule has 0 aromatic heterocycles. The van der Waals surface area contributed by atoms with E-state index >= 15 is 0 Å². The van der Waals surface area contributed by atoms with Crippen LogP contribution < -0.4 is 5.32 Å². The van der Waals surface area contributed by atoms with Gasteiger partial charge in [0.2, 0.25) is 0 Å². The summed E-state index contributed by atoms with van der Waals surface area (Å²) in [5.41, 5.74) is 1.09. The van der Waals surface area contributed by atoms with Crippen LogP contribution in [-0.2, 0) is 6.42 Å². The maximum absolute atomic E-state index is 12.6. The molecule has 0 saturated carbocycles. The Labute approximate surface area is 76.5 Å². The predicted octanol–water partition coefficient (Wildman–Crippen LogP) is 1.37. The van der Waals surface area contributed by atoms with Crippen molar-refractivity contribution in [3.63, 3.8) is 0 Å². The fourth-order valence-corrected chi connectivity index (χ4v) is 1.36. The van der Waals surface area contributed by atoms with E-state index in [9.17, 15) is 4.39 Å². The number of rotatable bonds is 2. The van der Waals surface area contributed by atoms with Crippen LogP contribution in [0, 0.1) is 5.82 Å². The second-order valence-electron chi connectivity index (χ2n) is 3.06. The molecule has 0 radical (unpaired) electrons. The van der Waals surface area contributed by atoms with Gasteiger partial charge in [-0.15, -0.1) is 0 Å². The van der Waals surface area contributed by atoms with Crippen LogP contribution in [-0.4, -0.2) is 18.9 Å². The summed E-state index contributed by atoms with van der Waals surface area (Å²) in [6.07, 6.45) is 0.778. The van der Waals surface area contributed by atoms with Gasteiger partial charge in [0, 0.05) is 13.0 Å². The van der Waals surface area contributed by atoms with Crippen molar-refractivity contribution in [3.8, 4) is 0 Å². The molecule has 13 heavy (non-hydrogen) atoms. The first-order chi connectivity index (χ1) is 6.34. The van der Waals surface area contributed by atoms with Crippen LogP contribution in [0.4, 0.5) is 4.39 Å². The summed E-state index contributed by atoms with van der Waals surface area (Å²) in [5, 5.41) is 3.18. The quantitative estimate of drug-likeness (QED) is 0.726. The lowest BCUT2D eigenvalue weighted by atomic mass is 10.1. The van der Waals surface area contributed by atoms with Gasteiger partial charge in [-0.2, -0.15) is 0 Å². The molecule has 0 fully saturated rings. The van der Waals surface area contributed by atoms with Crippen LogP contribution >= 0.6 is 0 Å². The van der Waals surface area contributed by atoms with Crippen molar-refractivity contribution < 1.29 is 4.39 Å². The van der Waals surface area contributed by atoms with Crippen LogP contribution in [0.15, 0.2) is 29.3 Å². The Hall–Kier alpha value is -1.38. The van der Waals surface area contributed by atoms with Gasteiger partial charge in [0.1, 0.15) is 11.7 Å². The largest absolute Gasteiger partial charge is 0.372 e. The first kappa shape index (κ1) is 8.23. The zero-order valence-corrected chi connectivity index (χ0v) is 7.26. The SMILES string of the molecule is Fc1ccc(CC2=NCCN2)cc1. The molecule has 1 aromatic rings. The Morgan fingerprint density at radius 2 is 2.08 bits per heavy atom. The predicted molar refractivity (Wildman–Crippen MR) is 50.4 cm³/mol. The highest BCUT2D eigenvalue weighted by atomic mass is 19.1. The minimum Gasteiger partial charge on any atom is -0.372 e. The van der Waals surface area contributed by atoms with Crippen molar-refractivity contribution in [2.75, 3.05) is 13.1 Å². The fourth-order valence-electron chi connectivity index (χ4n) is 1.36. The maximum atomic E-state index is 12.6. The molecule has 0 saturated heterocycles. The van der Waals surface area contributed by atoms with Gasteiger partial charge in [0.15, 0.2) is 0 Å². The van der Waals surface area contributed by atoms with E-state index in [1.54, 1.807) is 12.1 Å². The van der Waals surface area contributed by atoms with E-state index in [0.29, 0.717) is 0 Å². The number of benzene rings is 1. The summed E-state index contributed by atoms with van der Waals surface area (Å²) in [7, 11) is 0.